The van der Waals surface area contributed by atoms with Crippen LogP contribution in [-0.2, 0) is 14.8 Å². The summed E-state index contributed by atoms with van der Waals surface area (Å²) < 4.78 is 23.9. The van der Waals surface area contributed by atoms with E-state index in [1.807, 2.05) is 23.0 Å². The van der Waals surface area contributed by atoms with Crippen molar-refractivity contribution in [1.82, 2.24) is 4.72 Å². The predicted octanol–water partition coefficient (Wildman–Crippen LogP) is 2.03. The molecule has 0 spiro atoms. The number of hydrogen-bond acceptors (Lipinski definition) is 6. The van der Waals surface area contributed by atoms with Crippen LogP contribution in [0.2, 0.25) is 0 Å². The average molecular weight is 432 g/mol. The Balaban J connectivity index is 2.43. The molecule has 0 aromatic carbocycles. The predicted molar refractivity (Wildman–Crippen MR) is 113 cm³/mol. The summed E-state index contributed by atoms with van der Waals surface area (Å²) in [7, 11) is -3.51. The second-order valence-corrected chi connectivity index (χ2v) is 9.70. The summed E-state index contributed by atoms with van der Waals surface area (Å²) in [5.41, 5.74) is 0. The first-order valence-corrected chi connectivity index (χ1v) is 12.4. The van der Waals surface area contributed by atoms with Gasteiger partial charge in [-0.1, -0.05) is 50.5 Å². The molecule has 7 nitrogen and oxygen atoms in total. The molecule has 0 saturated heterocycles. The molecule has 8 heteroatoms. The van der Waals surface area contributed by atoms with Crippen molar-refractivity contribution < 1.29 is 28.5 Å². The monoisotopic (exact) mass is 431 g/mol. The molecule has 168 valence electrons. The fourth-order valence-corrected chi connectivity index (χ4v) is 4.19. The molecule has 0 aromatic heterocycles. The summed E-state index contributed by atoms with van der Waals surface area (Å²) in [4.78, 5) is 11.4. The van der Waals surface area contributed by atoms with Crippen molar-refractivity contribution in [2.24, 2.45) is 11.8 Å². The van der Waals surface area contributed by atoms with Crippen LogP contribution in [-0.4, -0.2) is 54.2 Å². The van der Waals surface area contributed by atoms with Crippen molar-refractivity contribution >= 4 is 15.9 Å². The average Bonchev–Trinajstić information content (AvgIpc) is 2.87. The minimum atomic E-state index is -3.51. The summed E-state index contributed by atoms with van der Waals surface area (Å²) in [5.74, 6) is -0.831. The van der Waals surface area contributed by atoms with Crippen molar-refractivity contribution in [3.8, 4) is 0 Å². The quantitative estimate of drug-likeness (QED) is 0.261. The highest BCUT2D eigenvalue weighted by atomic mass is 32.2. The van der Waals surface area contributed by atoms with Crippen LogP contribution in [0, 0.1) is 11.8 Å². The fraction of sp³-hybridized carbons (Fsp3) is 0.762. The highest BCUT2D eigenvalue weighted by Crippen LogP contribution is 2.36. The molecule has 1 saturated carbocycles. The minimum absolute atomic E-state index is 0.117. The molecule has 0 unspecified atom stereocenters. The molecule has 0 bridgehead atoms. The Kier molecular flexibility index (Phi) is 11.7. The van der Waals surface area contributed by atoms with Crippen molar-refractivity contribution in [2.75, 3.05) is 6.26 Å². The van der Waals surface area contributed by atoms with Gasteiger partial charge < -0.3 is 15.3 Å². The number of carbonyl (C=O) groups excluding carboxylic acids is 1. The molecule has 1 rings (SSSR count). The van der Waals surface area contributed by atoms with Crippen LogP contribution < -0.4 is 4.72 Å². The number of aliphatic hydroxyl groups is 3. The van der Waals surface area contributed by atoms with Gasteiger partial charge >= 0.3 is 0 Å². The zero-order chi connectivity index (χ0) is 21.9. The Hall–Kier alpha value is -1.22. The van der Waals surface area contributed by atoms with Gasteiger partial charge in [0.2, 0.25) is 15.9 Å². The fourth-order valence-electron chi connectivity index (χ4n) is 3.67. The highest BCUT2D eigenvalue weighted by molar-refractivity contribution is 7.89. The van der Waals surface area contributed by atoms with Gasteiger partial charge in [0.25, 0.3) is 0 Å². The number of carbonyl (C=O) groups is 1. The second-order valence-electron chi connectivity index (χ2n) is 7.96. The zero-order valence-electron chi connectivity index (χ0n) is 17.5. The maximum absolute atomic E-state index is 11.4. The van der Waals surface area contributed by atoms with Gasteiger partial charge in [-0.05, 0) is 31.6 Å². The standard InChI is InChI=1S/C21H37NO6S/c1-3-4-7-10-16(23)13-14-18-17(19(24)15-20(18)25)11-8-5-6-9-12-21(26)22-29(2,27)28/h5,8,13-14,16-20,23-25H,3-4,6-7,9-12,15H2,1-2H3,(H,22,26)/t16-,17+,18+,19-,20+/m0/s1. The Morgan fingerprint density at radius 2 is 1.90 bits per heavy atom. The van der Waals surface area contributed by atoms with Crippen LogP contribution in [0.25, 0.3) is 0 Å². The lowest BCUT2D eigenvalue weighted by Gasteiger charge is -2.19. The van der Waals surface area contributed by atoms with Gasteiger partial charge in [-0.2, -0.15) is 0 Å². The van der Waals surface area contributed by atoms with E-state index >= 15 is 0 Å². The van der Waals surface area contributed by atoms with Crippen LogP contribution >= 0.6 is 0 Å². The third-order valence-electron chi connectivity index (χ3n) is 5.22. The van der Waals surface area contributed by atoms with Crippen LogP contribution in [0.3, 0.4) is 0 Å². The first-order valence-electron chi connectivity index (χ1n) is 10.5. The molecule has 1 fully saturated rings. The molecule has 1 aliphatic rings. The largest absolute Gasteiger partial charge is 0.393 e. The Labute approximate surface area is 175 Å². The third kappa shape index (κ3) is 10.9. The normalized spacial score (nSPS) is 26.4. The lowest BCUT2D eigenvalue weighted by Crippen LogP contribution is -2.28. The van der Waals surface area contributed by atoms with Crippen LogP contribution in [0.5, 0.6) is 0 Å². The molecular formula is C21H37NO6S. The summed E-state index contributed by atoms with van der Waals surface area (Å²) in [6, 6.07) is 0. The maximum atomic E-state index is 11.4. The molecule has 4 N–H and O–H groups in total. The van der Waals surface area contributed by atoms with Crippen molar-refractivity contribution in [1.29, 1.82) is 0 Å². The summed E-state index contributed by atoms with van der Waals surface area (Å²) in [6.07, 6.45) is 12.7. The van der Waals surface area contributed by atoms with E-state index in [9.17, 15) is 28.5 Å². The van der Waals surface area contributed by atoms with Gasteiger partial charge in [-0.15, -0.1) is 0 Å². The molecule has 0 heterocycles. The van der Waals surface area contributed by atoms with E-state index in [1.165, 1.54) is 0 Å². The molecule has 1 amide bonds. The lowest BCUT2D eigenvalue weighted by molar-refractivity contribution is -0.119. The number of sulfonamides is 1. The Bertz CT molecular complexity index is 646. The van der Waals surface area contributed by atoms with E-state index in [0.29, 0.717) is 32.1 Å². The number of rotatable bonds is 13. The van der Waals surface area contributed by atoms with E-state index in [1.54, 1.807) is 6.08 Å². The van der Waals surface area contributed by atoms with Gasteiger partial charge in [0.05, 0.1) is 24.6 Å². The number of unbranched alkanes of at least 4 members (excludes halogenated alkanes) is 3. The van der Waals surface area contributed by atoms with Crippen molar-refractivity contribution in [2.45, 2.75) is 83.0 Å². The van der Waals surface area contributed by atoms with Crippen LogP contribution in [0.15, 0.2) is 24.3 Å². The van der Waals surface area contributed by atoms with E-state index in [-0.39, 0.29) is 18.3 Å². The van der Waals surface area contributed by atoms with Gasteiger partial charge in [0.15, 0.2) is 0 Å². The van der Waals surface area contributed by atoms with Gasteiger partial charge in [-0.25, -0.2) is 8.42 Å². The SMILES string of the molecule is CCCCC[C@H](O)C=C[C@@H]1[C@@H](CC=CCCCC(=O)NS(C)(=O)=O)[C@@H](O)C[C@H]1O. The number of hydrogen-bond donors (Lipinski definition) is 4. The molecule has 0 radical (unpaired) electrons. The Morgan fingerprint density at radius 1 is 1.17 bits per heavy atom. The summed E-state index contributed by atoms with van der Waals surface area (Å²) in [6.45, 7) is 2.11. The van der Waals surface area contributed by atoms with Gasteiger partial charge in [-0.3, -0.25) is 9.52 Å². The topological polar surface area (TPSA) is 124 Å². The first kappa shape index (κ1) is 25.8. The Morgan fingerprint density at radius 3 is 2.55 bits per heavy atom. The number of amides is 1. The smallest absolute Gasteiger partial charge is 0.233 e. The van der Waals surface area contributed by atoms with Crippen LogP contribution in [0.1, 0.15) is 64.7 Å². The molecule has 5 atom stereocenters. The van der Waals surface area contributed by atoms with E-state index < -0.39 is 34.2 Å². The molecule has 0 aliphatic heterocycles. The first-order chi connectivity index (χ1) is 13.6. The van der Waals surface area contributed by atoms with E-state index in [0.717, 1.165) is 25.5 Å². The molecule has 0 aromatic rings. The van der Waals surface area contributed by atoms with Crippen LogP contribution in [0.4, 0.5) is 0 Å². The summed E-state index contributed by atoms with van der Waals surface area (Å²) >= 11 is 0. The molecular weight excluding hydrogens is 394 g/mol. The van der Waals surface area contributed by atoms with Crippen molar-refractivity contribution in [3.05, 3.63) is 24.3 Å². The second kappa shape index (κ2) is 13.2. The third-order valence-corrected chi connectivity index (χ3v) is 5.82. The highest BCUT2D eigenvalue weighted by Gasteiger charge is 2.39. The minimum Gasteiger partial charge on any atom is -0.393 e. The number of nitrogens with one attached hydrogen (secondary N) is 1. The van der Waals surface area contributed by atoms with Gasteiger partial charge in [0.1, 0.15) is 0 Å². The lowest BCUT2D eigenvalue weighted by atomic mass is 9.89. The number of aliphatic hydroxyl groups excluding tert-OH is 3. The molecule has 29 heavy (non-hydrogen) atoms. The van der Waals surface area contributed by atoms with Gasteiger partial charge in [0, 0.05) is 18.8 Å². The zero-order valence-corrected chi connectivity index (χ0v) is 18.4. The maximum Gasteiger partial charge on any atom is 0.233 e. The summed E-state index contributed by atoms with van der Waals surface area (Å²) in [5, 5.41) is 30.5. The van der Waals surface area contributed by atoms with E-state index in [2.05, 4.69) is 6.92 Å². The molecule has 1 aliphatic carbocycles. The van der Waals surface area contributed by atoms with Crippen molar-refractivity contribution in [3.63, 3.8) is 0 Å². The number of allylic oxidation sites excluding steroid dienone is 2. The van der Waals surface area contributed by atoms with E-state index in [4.69, 9.17) is 0 Å².